The molecule has 1 aromatic heterocycles. The van der Waals surface area contributed by atoms with E-state index in [0.29, 0.717) is 12.4 Å². The van der Waals surface area contributed by atoms with E-state index in [1.165, 1.54) is 0 Å². The predicted molar refractivity (Wildman–Crippen MR) is 70.8 cm³/mol. The van der Waals surface area contributed by atoms with Crippen LogP contribution in [0.25, 0.3) is 0 Å². The van der Waals surface area contributed by atoms with Gasteiger partial charge in [-0.3, -0.25) is 4.68 Å². The number of benzene rings is 1. The van der Waals surface area contributed by atoms with Gasteiger partial charge in [-0.2, -0.15) is 5.10 Å². The molecule has 0 aliphatic carbocycles. The normalized spacial score (nSPS) is 10.5. The maximum absolute atomic E-state index is 5.67. The number of aromatic nitrogens is 2. The highest BCUT2D eigenvalue weighted by atomic mass is 79.9. The van der Waals surface area contributed by atoms with E-state index in [-0.39, 0.29) is 0 Å². The van der Waals surface area contributed by atoms with Gasteiger partial charge >= 0.3 is 0 Å². The van der Waals surface area contributed by atoms with Gasteiger partial charge in [-0.25, -0.2) is 0 Å². The molecule has 0 saturated heterocycles. The molecule has 0 bridgehead atoms. The van der Waals surface area contributed by atoms with Gasteiger partial charge in [0.1, 0.15) is 18.2 Å². The Balaban J connectivity index is 2.04. The molecule has 0 aliphatic rings. The highest BCUT2D eigenvalue weighted by Gasteiger charge is 2.05. The summed E-state index contributed by atoms with van der Waals surface area (Å²) in [6, 6.07) is 9.56. The summed E-state index contributed by atoms with van der Waals surface area (Å²) in [6.45, 7) is 3.28. The van der Waals surface area contributed by atoms with E-state index < -0.39 is 0 Å². The highest BCUT2D eigenvalue weighted by Crippen LogP contribution is 2.17. The third kappa shape index (κ3) is 3.00. The number of nitrogens with two attached hydrogens (primary N) is 1. The second-order valence-electron chi connectivity index (χ2n) is 3.62. The Kier molecular flexibility index (Phi) is 3.68. The van der Waals surface area contributed by atoms with Crippen LogP contribution in [-0.2, 0) is 13.2 Å². The first kappa shape index (κ1) is 12.0. The molecular formula is C12H14BrN3O. The summed E-state index contributed by atoms with van der Waals surface area (Å²) in [5, 5.41) is 4.16. The fraction of sp³-hybridized carbons (Fsp3) is 0.250. The van der Waals surface area contributed by atoms with Crippen molar-refractivity contribution in [2.45, 2.75) is 20.1 Å². The zero-order valence-corrected chi connectivity index (χ0v) is 11.1. The molecule has 0 radical (unpaired) electrons. The van der Waals surface area contributed by atoms with Gasteiger partial charge in [0.25, 0.3) is 0 Å². The van der Waals surface area contributed by atoms with Gasteiger partial charge in [0.2, 0.25) is 0 Å². The van der Waals surface area contributed by atoms with Crippen molar-refractivity contribution < 1.29 is 4.74 Å². The van der Waals surface area contributed by atoms with Gasteiger partial charge < -0.3 is 10.5 Å². The van der Waals surface area contributed by atoms with Crippen LogP contribution in [0.4, 0.5) is 5.82 Å². The smallest absolute Gasteiger partial charge is 0.145 e. The number of nitrogens with zero attached hydrogens (tertiary/aromatic N) is 2. The lowest BCUT2D eigenvalue weighted by Gasteiger charge is -2.07. The summed E-state index contributed by atoms with van der Waals surface area (Å²) in [5.41, 5.74) is 6.63. The van der Waals surface area contributed by atoms with Crippen LogP contribution in [0.5, 0.6) is 5.75 Å². The third-order valence-electron chi connectivity index (χ3n) is 2.38. The molecule has 0 saturated carbocycles. The van der Waals surface area contributed by atoms with Gasteiger partial charge in [0.05, 0.1) is 5.69 Å². The number of ether oxygens (including phenoxy) is 1. The zero-order chi connectivity index (χ0) is 12.3. The minimum Gasteiger partial charge on any atom is -0.487 e. The monoisotopic (exact) mass is 295 g/mol. The first-order valence-corrected chi connectivity index (χ1v) is 6.19. The average Bonchev–Trinajstić information content (AvgIpc) is 2.69. The topological polar surface area (TPSA) is 53.1 Å². The van der Waals surface area contributed by atoms with E-state index in [1.54, 1.807) is 0 Å². The molecule has 1 aromatic carbocycles. The van der Waals surface area contributed by atoms with Crippen LogP contribution < -0.4 is 10.5 Å². The Hall–Kier alpha value is -1.49. The molecule has 0 atom stereocenters. The highest BCUT2D eigenvalue weighted by molar-refractivity contribution is 9.10. The maximum Gasteiger partial charge on any atom is 0.145 e. The summed E-state index contributed by atoms with van der Waals surface area (Å²) in [5.74, 6) is 1.36. The minimum absolute atomic E-state index is 0.472. The first-order valence-electron chi connectivity index (χ1n) is 5.39. The molecule has 0 spiro atoms. The average molecular weight is 296 g/mol. The van der Waals surface area contributed by atoms with Gasteiger partial charge in [-0.05, 0) is 31.2 Å². The van der Waals surface area contributed by atoms with Crippen molar-refractivity contribution in [2.75, 3.05) is 5.73 Å². The van der Waals surface area contributed by atoms with Crippen molar-refractivity contribution in [1.82, 2.24) is 9.78 Å². The molecule has 90 valence electrons. The number of rotatable bonds is 4. The predicted octanol–water partition coefficient (Wildman–Crippen LogP) is 2.83. The first-order chi connectivity index (χ1) is 8.19. The molecule has 0 aliphatic heterocycles. The molecule has 0 fully saturated rings. The number of hydrogen-bond donors (Lipinski definition) is 1. The summed E-state index contributed by atoms with van der Waals surface area (Å²) in [4.78, 5) is 0. The van der Waals surface area contributed by atoms with Crippen molar-refractivity contribution in [2.24, 2.45) is 0 Å². The second kappa shape index (κ2) is 5.23. The van der Waals surface area contributed by atoms with Crippen molar-refractivity contribution in [1.29, 1.82) is 0 Å². The molecule has 17 heavy (non-hydrogen) atoms. The molecule has 5 heteroatoms. The van der Waals surface area contributed by atoms with Crippen molar-refractivity contribution in [3.8, 4) is 5.75 Å². The summed E-state index contributed by atoms with van der Waals surface area (Å²) >= 11 is 3.38. The van der Waals surface area contributed by atoms with E-state index in [4.69, 9.17) is 10.5 Å². The van der Waals surface area contributed by atoms with E-state index in [0.717, 1.165) is 22.5 Å². The summed E-state index contributed by atoms with van der Waals surface area (Å²) < 4.78 is 8.54. The number of anilines is 1. The van der Waals surface area contributed by atoms with Crippen LogP contribution >= 0.6 is 15.9 Å². The zero-order valence-electron chi connectivity index (χ0n) is 9.56. The van der Waals surface area contributed by atoms with Crippen molar-refractivity contribution in [3.05, 3.63) is 40.5 Å². The molecule has 2 rings (SSSR count). The fourth-order valence-electron chi connectivity index (χ4n) is 1.56. The van der Waals surface area contributed by atoms with E-state index in [9.17, 15) is 0 Å². The van der Waals surface area contributed by atoms with Gasteiger partial charge in [0, 0.05) is 17.1 Å². The SMILES string of the molecule is CCn1nc(N)cc1COc1ccc(Br)cc1. The number of halogens is 1. The quantitative estimate of drug-likeness (QED) is 0.944. The third-order valence-corrected chi connectivity index (χ3v) is 2.91. The van der Waals surface area contributed by atoms with Gasteiger partial charge in [0.15, 0.2) is 0 Å². The molecule has 0 amide bonds. The van der Waals surface area contributed by atoms with Gasteiger partial charge in [-0.1, -0.05) is 15.9 Å². The Labute approximate surface area is 109 Å². The molecule has 2 N–H and O–H groups in total. The summed E-state index contributed by atoms with van der Waals surface area (Å²) in [6.07, 6.45) is 0. The van der Waals surface area contributed by atoms with Crippen molar-refractivity contribution in [3.63, 3.8) is 0 Å². The number of hydrogen-bond acceptors (Lipinski definition) is 3. The second-order valence-corrected chi connectivity index (χ2v) is 4.53. The Morgan fingerprint density at radius 3 is 2.71 bits per heavy atom. The Morgan fingerprint density at radius 1 is 1.35 bits per heavy atom. The summed E-state index contributed by atoms with van der Waals surface area (Å²) in [7, 11) is 0. The van der Waals surface area contributed by atoms with Crippen molar-refractivity contribution >= 4 is 21.7 Å². The number of nitrogen functional groups attached to an aromatic ring is 1. The fourth-order valence-corrected chi connectivity index (χ4v) is 1.82. The molecule has 4 nitrogen and oxygen atoms in total. The van der Waals surface area contributed by atoms with Crippen LogP contribution in [0, 0.1) is 0 Å². The van der Waals surface area contributed by atoms with Crippen LogP contribution in [0.1, 0.15) is 12.6 Å². The lowest BCUT2D eigenvalue weighted by Crippen LogP contribution is -2.06. The van der Waals surface area contributed by atoms with Crippen LogP contribution in [0.3, 0.4) is 0 Å². The van der Waals surface area contributed by atoms with Crippen LogP contribution in [0.15, 0.2) is 34.8 Å². The maximum atomic E-state index is 5.67. The molecule has 2 aromatic rings. The standard InChI is InChI=1S/C12H14BrN3O/c1-2-16-10(7-12(14)15-16)8-17-11-5-3-9(13)4-6-11/h3-7H,2,8H2,1H3,(H2,14,15). The van der Waals surface area contributed by atoms with Crippen LogP contribution in [-0.4, -0.2) is 9.78 Å². The largest absolute Gasteiger partial charge is 0.487 e. The van der Waals surface area contributed by atoms with E-state index in [1.807, 2.05) is 41.9 Å². The van der Waals surface area contributed by atoms with Gasteiger partial charge in [-0.15, -0.1) is 0 Å². The van der Waals surface area contributed by atoms with E-state index >= 15 is 0 Å². The van der Waals surface area contributed by atoms with Crippen LogP contribution in [0.2, 0.25) is 0 Å². The molecular weight excluding hydrogens is 282 g/mol. The molecule has 0 unspecified atom stereocenters. The van der Waals surface area contributed by atoms with E-state index in [2.05, 4.69) is 21.0 Å². The number of aryl methyl sites for hydroxylation is 1. The lowest BCUT2D eigenvalue weighted by atomic mass is 10.3. The Morgan fingerprint density at radius 2 is 2.06 bits per heavy atom. The Bertz CT molecular complexity index is 493. The lowest BCUT2D eigenvalue weighted by molar-refractivity contribution is 0.292. The minimum atomic E-state index is 0.472. The molecule has 1 heterocycles.